The van der Waals surface area contributed by atoms with Crippen molar-refractivity contribution in [1.29, 1.82) is 0 Å². The highest BCUT2D eigenvalue weighted by molar-refractivity contribution is 5.17. The predicted octanol–water partition coefficient (Wildman–Crippen LogP) is 6.87. The third-order valence-electron chi connectivity index (χ3n) is 5.11. The highest BCUT2D eigenvalue weighted by Gasteiger charge is 2.19. The summed E-state index contributed by atoms with van der Waals surface area (Å²) in [6.45, 7) is 2.29. The van der Waals surface area contributed by atoms with Gasteiger partial charge in [-0.05, 0) is 6.42 Å². The summed E-state index contributed by atoms with van der Waals surface area (Å²) in [7, 11) is 0. The van der Waals surface area contributed by atoms with Crippen molar-refractivity contribution in [3.8, 4) is 0 Å². The van der Waals surface area contributed by atoms with Crippen LogP contribution < -0.4 is 4.57 Å². The molecule has 0 radical (unpaired) electrons. The van der Waals surface area contributed by atoms with E-state index in [1.807, 2.05) is 0 Å². The summed E-state index contributed by atoms with van der Waals surface area (Å²) in [4.78, 5) is 0. The molecule has 2 aromatic rings. The molecule has 25 heavy (non-hydrogen) atoms. The lowest BCUT2D eigenvalue weighted by Gasteiger charge is -2.13. The molecule has 0 N–H and O–H groups in total. The van der Waals surface area contributed by atoms with Crippen LogP contribution in [0.2, 0.25) is 0 Å². The van der Waals surface area contributed by atoms with Gasteiger partial charge in [-0.2, -0.15) is 4.57 Å². The minimum atomic E-state index is 0.469. The average molecular weight is 339 g/mol. The Labute approximate surface area is 155 Å². The number of pyridine rings is 1. The Bertz CT molecular complexity index is 495. The van der Waals surface area contributed by atoms with Crippen LogP contribution in [-0.2, 0) is 0 Å². The summed E-state index contributed by atoms with van der Waals surface area (Å²) in [6.07, 6.45) is 19.6. The molecule has 0 saturated carbocycles. The highest BCUT2D eigenvalue weighted by Crippen LogP contribution is 2.20. The topological polar surface area (TPSA) is 3.88 Å². The van der Waals surface area contributed by atoms with Crippen LogP contribution in [0.5, 0.6) is 0 Å². The zero-order valence-electron chi connectivity index (χ0n) is 16.1. The second-order valence-electron chi connectivity index (χ2n) is 7.22. The van der Waals surface area contributed by atoms with Crippen molar-refractivity contribution in [2.45, 2.75) is 83.6 Å². The lowest BCUT2D eigenvalue weighted by Crippen LogP contribution is -2.39. The lowest BCUT2D eigenvalue weighted by molar-refractivity contribution is -0.714. The van der Waals surface area contributed by atoms with Gasteiger partial charge in [0.05, 0.1) is 0 Å². The van der Waals surface area contributed by atoms with Gasteiger partial charge in [-0.25, -0.2) is 0 Å². The maximum Gasteiger partial charge on any atom is 0.183 e. The van der Waals surface area contributed by atoms with Gasteiger partial charge >= 0.3 is 0 Å². The Morgan fingerprint density at radius 3 is 1.76 bits per heavy atom. The Hall–Kier alpha value is -1.63. The second kappa shape index (κ2) is 12.7. The maximum atomic E-state index is 2.36. The number of unbranched alkanes of at least 4 members (excludes halogenated alkanes) is 9. The molecule has 0 spiro atoms. The summed E-state index contributed by atoms with van der Waals surface area (Å²) < 4.78 is 2.36. The zero-order valence-corrected chi connectivity index (χ0v) is 16.1. The first kappa shape index (κ1) is 19.7. The van der Waals surface area contributed by atoms with Gasteiger partial charge in [0.1, 0.15) is 0 Å². The van der Waals surface area contributed by atoms with Gasteiger partial charge in [0.15, 0.2) is 18.4 Å². The Balaban J connectivity index is 1.69. The van der Waals surface area contributed by atoms with E-state index in [0.717, 1.165) is 0 Å². The number of aromatic nitrogens is 1. The molecule has 0 bridgehead atoms. The fraction of sp³-hybridized carbons (Fsp3) is 0.542. The smallest absolute Gasteiger partial charge is 0.183 e. The number of nitrogens with zero attached hydrogens (tertiary/aromatic N) is 1. The molecule has 1 atom stereocenters. The largest absolute Gasteiger partial charge is 0.198 e. The van der Waals surface area contributed by atoms with Crippen LogP contribution in [0.1, 0.15) is 89.2 Å². The molecule has 1 unspecified atom stereocenters. The summed E-state index contributed by atoms with van der Waals surface area (Å²) >= 11 is 0. The molecule has 136 valence electrons. The summed E-state index contributed by atoms with van der Waals surface area (Å²) in [5.41, 5.74) is 1.43. The molecule has 1 aromatic carbocycles. The van der Waals surface area contributed by atoms with Crippen molar-refractivity contribution in [3.63, 3.8) is 0 Å². The number of benzene rings is 1. The zero-order chi connectivity index (χ0) is 17.6. The molecular formula is C24H36N+. The highest BCUT2D eigenvalue weighted by atomic mass is 15.0. The molecule has 1 heteroatoms. The second-order valence-corrected chi connectivity index (χ2v) is 7.22. The van der Waals surface area contributed by atoms with Gasteiger partial charge in [0.25, 0.3) is 0 Å². The van der Waals surface area contributed by atoms with E-state index >= 15 is 0 Å². The number of hydrogen-bond donors (Lipinski definition) is 0. The Morgan fingerprint density at radius 2 is 1.16 bits per heavy atom. The minimum absolute atomic E-state index is 0.469. The average Bonchev–Trinajstić information content (AvgIpc) is 2.67. The first-order chi connectivity index (χ1) is 12.4. The molecular weight excluding hydrogens is 302 g/mol. The van der Waals surface area contributed by atoms with E-state index in [9.17, 15) is 0 Å². The van der Waals surface area contributed by atoms with Gasteiger partial charge < -0.3 is 0 Å². The molecule has 0 saturated heterocycles. The first-order valence-electron chi connectivity index (χ1n) is 10.4. The fourth-order valence-corrected chi connectivity index (χ4v) is 3.61. The third kappa shape index (κ3) is 7.86. The standard InChI is InChI=1S/C24H36N/c1-2-3-4-5-6-7-8-9-10-15-20-24(23-18-13-11-14-19-23)25-21-16-12-17-22-25/h11-14,16-19,21-22,24H,2-10,15,20H2,1H3/q+1. The SMILES string of the molecule is CCCCCCCCCCCCC(c1ccccc1)[n+]1ccccc1. The molecule has 0 amide bonds. The van der Waals surface area contributed by atoms with E-state index in [1.165, 1.54) is 76.2 Å². The van der Waals surface area contributed by atoms with Crippen molar-refractivity contribution >= 4 is 0 Å². The van der Waals surface area contributed by atoms with Crippen molar-refractivity contribution in [1.82, 2.24) is 0 Å². The van der Waals surface area contributed by atoms with Gasteiger partial charge in [0.2, 0.25) is 0 Å². The van der Waals surface area contributed by atoms with Crippen LogP contribution >= 0.6 is 0 Å². The summed E-state index contributed by atoms with van der Waals surface area (Å²) in [5.74, 6) is 0. The van der Waals surface area contributed by atoms with E-state index in [4.69, 9.17) is 0 Å². The van der Waals surface area contributed by atoms with E-state index in [2.05, 4.69) is 72.4 Å². The molecule has 1 heterocycles. The molecule has 0 aliphatic carbocycles. The van der Waals surface area contributed by atoms with Gasteiger partial charge in [-0.15, -0.1) is 0 Å². The third-order valence-corrected chi connectivity index (χ3v) is 5.11. The number of rotatable bonds is 13. The summed E-state index contributed by atoms with van der Waals surface area (Å²) in [5, 5.41) is 0. The summed E-state index contributed by atoms with van der Waals surface area (Å²) in [6, 6.07) is 17.8. The molecule has 1 nitrogen and oxygen atoms in total. The Kier molecular flexibility index (Phi) is 10.00. The van der Waals surface area contributed by atoms with Crippen molar-refractivity contribution in [2.75, 3.05) is 0 Å². The lowest BCUT2D eigenvalue weighted by atomic mass is 9.99. The maximum absolute atomic E-state index is 2.36. The van der Waals surface area contributed by atoms with E-state index in [0.29, 0.717) is 6.04 Å². The molecule has 0 fully saturated rings. The van der Waals surface area contributed by atoms with Crippen LogP contribution in [-0.4, -0.2) is 0 Å². The monoisotopic (exact) mass is 338 g/mol. The number of hydrogen-bond acceptors (Lipinski definition) is 0. The molecule has 1 aromatic heterocycles. The van der Waals surface area contributed by atoms with Crippen molar-refractivity contribution < 1.29 is 4.57 Å². The van der Waals surface area contributed by atoms with Crippen molar-refractivity contribution in [3.05, 3.63) is 66.5 Å². The van der Waals surface area contributed by atoms with E-state index in [-0.39, 0.29) is 0 Å². The quantitative estimate of drug-likeness (QED) is 0.277. The minimum Gasteiger partial charge on any atom is -0.198 e. The van der Waals surface area contributed by atoms with E-state index < -0.39 is 0 Å². The van der Waals surface area contributed by atoms with Crippen molar-refractivity contribution in [2.24, 2.45) is 0 Å². The van der Waals surface area contributed by atoms with Crippen LogP contribution in [0, 0.1) is 0 Å². The molecule has 0 aliphatic rings. The van der Waals surface area contributed by atoms with Crippen LogP contribution in [0.3, 0.4) is 0 Å². The fourth-order valence-electron chi connectivity index (χ4n) is 3.61. The predicted molar refractivity (Wildman–Crippen MR) is 108 cm³/mol. The van der Waals surface area contributed by atoms with Gasteiger partial charge in [0, 0.05) is 24.1 Å². The van der Waals surface area contributed by atoms with Gasteiger partial charge in [-0.3, -0.25) is 0 Å². The molecule has 0 aliphatic heterocycles. The normalized spacial score (nSPS) is 12.2. The van der Waals surface area contributed by atoms with Crippen LogP contribution in [0.15, 0.2) is 60.9 Å². The Morgan fingerprint density at radius 1 is 0.640 bits per heavy atom. The van der Waals surface area contributed by atoms with Crippen LogP contribution in [0.4, 0.5) is 0 Å². The van der Waals surface area contributed by atoms with E-state index in [1.54, 1.807) is 0 Å². The van der Waals surface area contributed by atoms with Crippen LogP contribution in [0.25, 0.3) is 0 Å². The molecule has 2 rings (SSSR count). The first-order valence-corrected chi connectivity index (χ1v) is 10.4. The van der Waals surface area contributed by atoms with Gasteiger partial charge in [-0.1, -0.05) is 101 Å².